The standard InChI is InChI=1S/C12H24NO/c1-2-13(8-10-14-11-9-13)12-6-4-3-5-7-12/h12H,2-11H2,1H3/q+1. The Bertz CT molecular complexity index is 169. The van der Waals surface area contributed by atoms with Crippen LogP contribution >= 0.6 is 0 Å². The maximum absolute atomic E-state index is 5.50. The van der Waals surface area contributed by atoms with Crippen LogP contribution in [0.25, 0.3) is 0 Å². The number of nitrogens with zero attached hydrogens (tertiary/aromatic N) is 1. The first kappa shape index (κ1) is 10.4. The molecule has 2 nitrogen and oxygen atoms in total. The predicted molar refractivity (Wildman–Crippen MR) is 58.2 cm³/mol. The second-order valence-corrected chi connectivity index (χ2v) is 4.89. The highest BCUT2D eigenvalue weighted by Crippen LogP contribution is 2.29. The largest absolute Gasteiger partial charge is 0.370 e. The van der Waals surface area contributed by atoms with Crippen molar-refractivity contribution >= 4 is 0 Å². The molecule has 1 saturated heterocycles. The summed E-state index contributed by atoms with van der Waals surface area (Å²) in [5.74, 6) is 0. The van der Waals surface area contributed by atoms with E-state index in [1.165, 1.54) is 56.2 Å². The maximum Gasteiger partial charge on any atom is 0.103 e. The molecule has 2 aliphatic rings. The number of rotatable bonds is 2. The molecule has 0 aromatic carbocycles. The summed E-state index contributed by atoms with van der Waals surface area (Å²) in [7, 11) is 0. The number of hydrogen-bond donors (Lipinski definition) is 0. The predicted octanol–water partition coefficient (Wildman–Crippen LogP) is 2.19. The van der Waals surface area contributed by atoms with Crippen LogP contribution in [-0.4, -0.2) is 43.4 Å². The van der Waals surface area contributed by atoms with Crippen molar-refractivity contribution in [2.75, 3.05) is 32.8 Å². The minimum atomic E-state index is 0.956. The van der Waals surface area contributed by atoms with Crippen molar-refractivity contribution in [1.82, 2.24) is 0 Å². The average Bonchev–Trinajstić information content (AvgIpc) is 2.31. The van der Waals surface area contributed by atoms with Crippen molar-refractivity contribution in [2.45, 2.75) is 45.1 Å². The highest BCUT2D eigenvalue weighted by Gasteiger charge is 2.37. The van der Waals surface area contributed by atoms with Gasteiger partial charge in [-0.05, 0) is 32.6 Å². The third kappa shape index (κ3) is 1.96. The number of morpholine rings is 1. The van der Waals surface area contributed by atoms with E-state index in [4.69, 9.17) is 4.74 Å². The normalized spacial score (nSPS) is 28.9. The van der Waals surface area contributed by atoms with Gasteiger partial charge in [-0.25, -0.2) is 0 Å². The van der Waals surface area contributed by atoms with Crippen LogP contribution in [0.3, 0.4) is 0 Å². The molecule has 0 spiro atoms. The van der Waals surface area contributed by atoms with Gasteiger partial charge < -0.3 is 9.22 Å². The van der Waals surface area contributed by atoms with Crippen LogP contribution < -0.4 is 0 Å². The Labute approximate surface area is 87.8 Å². The third-order valence-corrected chi connectivity index (χ3v) is 4.34. The molecule has 1 heterocycles. The molecule has 1 saturated carbocycles. The fraction of sp³-hybridized carbons (Fsp3) is 1.00. The fourth-order valence-electron chi connectivity index (χ4n) is 3.27. The van der Waals surface area contributed by atoms with E-state index in [1.54, 1.807) is 0 Å². The van der Waals surface area contributed by atoms with Gasteiger partial charge in [-0.15, -0.1) is 0 Å². The van der Waals surface area contributed by atoms with E-state index in [2.05, 4.69) is 6.92 Å². The molecule has 0 radical (unpaired) electrons. The van der Waals surface area contributed by atoms with Crippen molar-refractivity contribution in [1.29, 1.82) is 0 Å². The molecule has 0 amide bonds. The Morgan fingerprint density at radius 3 is 2.29 bits per heavy atom. The van der Waals surface area contributed by atoms with Gasteiger partial charge in [0.15, 0.2) is 0 Å². The summed E-state index contributed by atoms with van der Waals surface area (Å²) in [6.45, 7) is 8.19. The molecule has 2 fully saturated rings. The summed E-state index contributed by atoms with van der Waals surface area (Å²) < 4.78 is 6.86. The van der Waals surface area contributed by atoms with Crippen molar-refractivity contribution < 1.29 is 9.22 Å². The van der Waals surface area contributed by atoms with Crippen molar-refractivity contribution in [3.63, 3.8) is 0 Å². The van der Waals surface area contributed by atoms with Crippen LogP contribution in [0.1, 0.15) is 39.0 Å². The van der Waals surface area contributed by atoms with E-state index < -0.39 is 0 Å². The van der Waals surface area contributed by atoms with Gasteiger partial charge in [-0.2, -0.15) is 0 Å². The Morgan fingerprint density at radius 1 is 1.07 bits per heavy atom. The van der Waals surface area contributed by atoms with Crippen LogP contribution in [-0.2, 0) is 4.74 Å². The lowest BCUT2D eigenvalue weighted by molar-refractivity contribution is -0.957. The van der Waals surface area contributed by atoms with Crippen LogP contribution in [0.15, 0.2) is 0 Å². The maximum atomic E-state index is 5.50. The summed E-state index contributed by atoms with van der Waals surface area (Å²) >= 11 is 0. The summed E-state index contributed by atoms with van der Waals surface area (Å²) in [6.07, 6.45) is 7.33. The second-order valence-electron chi connectivity index (χ2n) is 4.89. The fourth-order valence-corrected chi connectivity index (χ4v) is 3.27. The van der Waals surface area contributed by atoms with E-state index in [0.717, 1.165) is 19.3 Å². The molecule has 1 aliphatic carbocycles. The second kappa shape index (κ2) is 4.63. The topological polar surface area (TPSA) is 9.23 Å². The summed E-state index contributed by atoms with van der Waals surface area (Å²) in [5, 5.41) is 0. The highest BCUT2D eigenvalue weighted by atomic mass is 16.5. The van der Waals surface area contributed by atoms with Gasteiger partial charge in [0.1, 0.15) is 13.1 Å². The Morgan fingerprint density at radius 2 is 1.71 bits per heavy atom. The zero-order valence-electron chi connectivity index (χ0n) is 9.50. The molecule has 0 aromatic rings. The molecule has 82 valence electrons. The lowest BCUT2D eigenvalue weighted by Gasteiger charge is -2.47. The number of likely N-dealkylation sites (N-methyl/N-ethyl adjacent to an activating group) is 1. The van der Waals surface area contributed by atoms with E-state index in [0.29, 0.717) is 0 Å². The van der Waals surface area contributed by atoms with Crippen molar-refractivity contribution in [3.8, 4) is 0 Å². The molecule has 0 atom stereocenters. The van der Waals surface area contributed by atoms with Gasteiger partial charge in [0.25, 0.3) is 0 Å². The SMILES string of the molecule is CC[N+]1(C2CCCCC2)CCOCC1. The van der Waals surface area contributed by atoms with E-state index in [9.17, 15) is 0 Å². The smallest absolute Gasteiger partial charge is 0.103 e. The van der Waals surface area contributed by atoms with Gasteiger partial charge in [-0.1, -0.05) is 6.42 Å². The van der Waals surface area contributed by atoms with Crippen LogP contribution in [0.2, 0.25) is 0 Å². The first-order valence-corrected chi connectivity index (χ1v) is 6.31. The zero-order valence-corrected chi connectivity index (χ0v) is 9.50. The molecule has 2 rings (SSSR count). The molecular weight excluding hydrogens is 174 g/mol. The summed E-state index contributed by atoms with van der Waals surface area (Å²) in [5.41, 5.74) is 0. The number of quaternary nitrogens is 1. The Kier molecular flexibility index (Phi) is 3.45. The molecule has 0 aromatic heterocycles. The Balaban J connectivity index is 2.01. The molecule has 14 heavy (non-hydrogen) atoms. The Hall–Kier alpha value is -0.0800. The molecule has 0 unspecified atom stereocenters. The molecule has 2 heteroatoms. The zero-order chi connectivity index (χ0) is 9.86. The quantitative estimate of drug-likeness (QED) is 0.618. The molecule has 1 aliphatic heterocycles. The number of hydrogen-bond acceptors (Lipinski definition) is 1. The van der Waals surface area contributed by atoms with Gasteiger partial charge in [0.05, 0.1) is 25.8 Å². The van der Waals surface area contributed by atoms with E-state index >= 15 is 0 Å². The van der Waals surface area contributed by atoms with E-state index in [-0.39, 0.29) is 0 Å². The minimum absolute atomic E-state index is 0.956. The molecule has 0 N–H and O–H groups in total. The molecule has 0 bridgehead atoms. The molecular formula is C12H24NO+. The minimum Gasteiger partial charge on any atom is -0.370 e. The van der Waals surface area contributed by atoms with Crippen LogP contribution in [0, 0.1) is 0 Å². The lowest BCUT2D eigenvalue weighted by Crippen LogP contribution is -2.61. The van der Waals surface area contributed by atoms with Crippen molar-refractivity contribution in [2.24, 2.45) is 0 Å². The first-order valence-electron chi connectivity index (χ1n) is 6.31. The van der Waals surface area contributed by atoms with Gasteiger partial charge >= 0.3 is 0 Å². The van der Waals surface area contributed by atoms with E-state index in [1.807, 2.05) is 0 Å². The first-order chi connectivity index (χ1) is 6.87. The summed E-state index contributed by atoms with van der Waals surface area (Å²) in [6, 6.07) is 0.956. The van der Waals surface area contributed by atoms with Gasteiger partial charge in [-0.3, -0.25) is 0 Å². The monoisotopic (exact) mass is 198 g/mol. The van der Waals surface area contributed by atoms with Crippen molar-refractivity contribution in [3.05, 3.63) is 0 Å². The van der Waals surface area contributed by atoms with Gasteiger partial charge in [0.2, 0.25) is 0 Å². The number of ether oxygens (including phenoxy) is 1. The van der Waals surface area contributed by atoms with Crippen LogP contribution in [0.5, 0.6) is 0 Å². The average molecular weight is 198 g/mol. The summed E-state index contributed by atoms with van der Waals surface area (Å²) in [4.78, 5) is 0. The van der Waals surface area contributed by atoms with Gasteiger partial charge in [0, 0.05) is 0 Å². The third-order valence-electron chi connectivity index (χ3n) is 4.34. The highest BCUT2D eigenvalue weighted by molar-refractivity contribution is 4.68. The van der Waals surface area contributed by atoms with Crippen LogP contribution in [0.4, 0.5) is 0 Å². The lowest BCUT2D eigenvalue weighted by atomic mass is 9.92.